The Morgan fingerprint density at radius 1 is 1.03 bits per heavy atom. The van der Waals surface area contributed by atoms with Crippen molar-refractivity contribution in [2.75, 3.05) is 0 Å². The predicted octanol–water partition coefficient (Wildman–Crippen LogP) is 2.52. The molecule has 0 saturated carbocycles. The van der Waals surface area contributed by atoms with Gasteiger partial charge in [-0.3, -0.25) is 9.59 Å². The number of para-hydroxylation sites is 1. The van der Waals surface area contributed by atoms with Gasteiger partial charge in [-0.25, -0.2) is 4.68 Å². The number of Topliss-reactive ketones (excluding diaryl/α,β-unsaturated/α-hetero) is 1. The van der Waals surface area contributed by atoms with Crippen LogP contribution in [-0.2, 0) is 22.6 Å². The first kappa shape index (κ1) is 20.0. The minimum atomic E-state index is -0.956. The lowest BCUT2D eigenvalue weighted by Crippen LogP contribution is -2.29. The average molecular weight is 396 g/mol. The van der Waals surface area contributed by atoms with Crippen LogP contribution in [0.25, 0.3) is 0 Å². The number of hydrogen-bond acceptors (Lipinski definition) is 7. The number of hydrogen-bond donors (Lipinski definition) is 1. The predicted molar refractivity (Wildman–Crippen MR) is 102 cm³/mol. The van der Waals surface area contributed by atoms with E-state index >= 15 is 0 Å². The van der Waals surface area contributed by atoms with Crippen LogP contribution in [0.3, 0.4) is 0 Å². The summed E-state index contributed by atoms with van der Waals surface area (Å²) in [5.41, 5.74) is 0. The Balaban J connectivity index is 1.54. The lowest BCUT2D eigenvalue weighted by atomic mass is 10.2. The van der Waals surface area contributed by atoms with E-state index in [0.717, 1.165) is 5.75 Å². The van der Waals surface area contributed by atoms with Crippen LogP contribution in [0.4, 0.5) is 0 Å². The van der Waals surface area contributed by atoms with Crippen molar-refractivity contribution >= 4 is 11.8 Å². The van der Waals surface area contributed by atoms with Crippen molar-refractivity contribution in [1.82, 2.24) is 20.2 Å². The van der Waals surface area contributed by atoms with Crippen LogP contribution in [0.5, 0.6) is 17.2 Å². The van der Waals surface area contributed by atoms with Crippen LogP contribution >= 0.6 is 0 Å². The van der Waals surface area contributed by atoms with Crippen molar-refractivity contribution in [2.24, 2.45) is 0 Å². The lowest BCUT2D eigenvalue weighted by molar-refractivity contribution is -0.137. The molecule has 0 aliphatic heterocycles. The smallest absolute Gasteiger partial charge is 0.303 e. The van der Waals surface area contributed by atoms with Gasteiger partial charge in [-0.2, -0.15) is 0 Å². The van der Waals surface area contributed by atoms with E-state index in [9.17, 15) is 9.59 Å². The fourth-order valence-electron chi connectivity index (χ4n) is 2.50. The van der Waals surface area contributed by atoms with E-state index in [1.54, 1.807) is 31.2 Å². The molecule has 0 bridgehead atoms. The molecule has 9 nitrogen and oxygen atoms in total. The summed E-state index contributed by atoms with van der Waals surface area (Å²) in [4.78, 5) is 23.1. The number of aromatic nitrogens is 4. The van der Waals surface area contributed by atoms with E-state index in [0.29, 0.717) is 17.3 Å². The molecule has 1 unspecified atom stereocenters. The quantitative estimate of drug-likeness (QED) is 0.556. The van der Waals surface area contributed by atoms with Crippen molar-refractivity contribution in [3.63, 3.8) is 0 Å². The molecule has 0 aliphatic carbocycles. The Labute approximate surface area is 166 Å². The van der Waals surface area contributed by atoms with Gasteiger partial charge >= 0.3 is 5.97 Å². The Hall–Kier alpha value is -3.75. The summed E-state index contributed by atoms with van der Waals surface area (Å²) in [6, 6.07) is 16.3. The maximum Gasteiger partial charge on any atom is 0.303 e. The molecule has 3 rings (SSSR count). The summed E-state index contributed by atoms with van der Waals surface area (Å²) < 4.78 is 12.7. The number of benzene rings is 2. The summed E-state index contributed by atoms with van der Waals surface area (Å²) in [6.07, 6.45) is -0.696. The minimum absolute atomic E-state index is 0.0989. The molecule has 0 fully saturated rings. The first-order valence-corrected chi connectivity index (χ1v) is 9.00. The summed E-state index contributed by atoms with van der Waals surface area (Å²) >= 11 is 0. The van der Waals surface area contributed by atoms with E-state index in [1.165, 1.54) is 4.68 Å². The molecule has 0 aliphatic rings. The van der Waals surface area contributed by atoms with Crippen LogP contribution in [0.1, 0.15) is 19.2 Å². The summed E-state index contributed by atoms with van der Waals surface area (Å²) in [7, 11) is 0. The molecule has 150 valence electrons. The molecule has 1 N–H and O–H groups in total. The Kier molecular flexibility index (Phi) is 6.51. The standard InChI is InChI=1S/C20H20N4O5/c1-14(18(25)13-24-19(21-22-23-24)11-12-20(26)27)28-16-7-9-17(10-8-16)29-15-5-3-2-4-6-15/h2-10,14H,11-13H2,1H3,(H,26,27). The third-order valence-corrected chi connectivity index (χ3v) is 4.04. The number of ether oxygens (including phenoxy) is 2. The molecule has 0 saturated heterocycles. The molecule has 0 spiro atoms. The van der Waals surface area contributed by atoms with E-state index in [1.807, 2.05) is 30.3 Å². The van der Waals surface area contributed by atoms with Gasteiger partial charge in [0.2, 0.25) is 0 Å². The fourth-order valence-corrected chi connectivity index (χ4v) is 2.50. The normalized spacial score (nSPS) is 11.6. The van der Waals surface area contributed by atoms with Crippen molar-refractivity contribution in [1.29, 1.82) is 0 Å². The van der Waals surface area contributed by atoms with E-state index in [-0.39, 0.29) is 25.2 Å². The zero-order chi connectivity index (χ0) is 20.6. The number of carboxylic acids is 1. The molecule has 9 heteroatoms. The first-order valence-electron chi connectivity index (χ1n) is 9.00. The number of carbonyl (C=O) groups excluding carboxylic acids is 1. The van der Waals surface area contributed by atoms with Crippen molar-refractivity contribution in [3.8, 4) is 17.2 Å². The molecule has 1 heterocycles. The largest absolute Gasteiger partial charge is 0.483 e. The molecular formula is C20H20N4O5. The monoisotopic (exact) mass is 396 g/mol. The number of carbonyl (C=O) groups is 2. The minimum Gasteiger partial charge on any atom is -0.483 e. The topological polar surface area (TPSA) is 116 Å². The van der Waals surface area contributed by atoms with Gasteiger partial charge in [0.25, 0.3) is 0 Å². The van der Waals surface area contributed by atoms with Gasteiger partial charge in [0.15, 0.2) is 17.7 Å². The van der Waals surface area contributed by atoms with Crippen LogP contribution in [0.2, 0.25) is 0 Å². The van der Waals surface area contributed by atoms with Crippen molar-refractivity contribution < 1.29 is 24.2 Å². The second kappa shape index (κ2) is 9.45. The number of tetrazole rings is 1. The highest BCUT2D eigenvalue weighted by atomic mass is 16.5. The Morgan fingerprint density at radius 2 is 1.69 bits per heavy atom. The highest BCUT2D eigenvalue weighted by molar-refractivity contribution is 5.82. The maximum absolute atomic E-state index is 12.4. The molecule has 1 aromatic heterocycles. The van der Waals surface area contributed by atoms with Crippen LogP contribution in [0, 0.1) is 0 Å². The highest BCUT2D eigenvalue weighted by Gasteiger charge is 2.18. The Morgan fingerprint density at radius 3 is 2.38 bits per heavy atom. The molecule has 29 heavy (non-hydrogen) atoms. The number of aryl methyl sites for hydroxylation is 1. The SMILES string of the molecule is CC(Oc1ccc(Oc2ccccc2)cc1)C(=O)Cn1nnnc1CCC(=O)O. The number of rotatable bonds is 10. The van der Waals surface area contributed by atoms with Gasteiger partial charge in [-0.05, 0) is 53.7 Å². The summed E-state index contributed by atoms with van der Waals surface area (Å²) in [5.74, 6) is 1.05. The first-order chi connectivity index (χ1) is 14.0. The third kappa shape index (κ3) is 5.86. The second-order valence-corrected chi connectivity index (χ2v) is 6.26. The van der Waals surface area contributed by atoms with Crippen LogP contribution in [-0.4, -0.2) is 43.2 Å². The van der Waals surface area contributed by atoms with Crippen molar-refractivity contribution in [3.05, 3.63) is 60.4 Å². The number of carboxylic acid groups (broad SMARTS) is 1. The van der Waals surface area contributed by atoms with Gasteiger partial charge in [-0.15, -0.1) is 5.10 Å². The summed E-state index contributed by atoms with van der Waals surface area (Å²) in [5, 5.41) is 19.8. The van der Waals surface area contributed by atoms with E-state index in [4.69, 9.17) is 14.6 Å². The molecule has 1 atom stereocenters. The number of aliphatic carboxylic acids is 1. The average Bonchev–Trinajstić information content (AvgIpc) is 3.15. The van der Waals surface area contributed by atoms with Gasteiger partial charge in [0.05, 0.1) is 6.42 Å². The molecule has 0 radical (unpaired) electrons. The fraction of sp³-hybridized carbons (Fsp3) is 0.250. The third-order valence-electron chi connectivity index (χ3n) is 4.04. The van der Waals surface area contributed by atoms with Gasteiger partial charge in [-0.1, -0.05) is 18.2 Å². The number of ketones is 1. The molecular weight excluding hydrogens is 376 g/mol. The summed E-state index contributed by atoms with van der Waals surface area (Å²) in [6.45, 7) is 1.54. The zero-order valence-electron chi connectivity index (χ0n) is 15.8. The van der Waals surface area contributed by atoms with E-state index < -0.39 is 12.1 Å². The highest BCUT2D eigenvalue weighted by Crippen LogP contribution is 2.24. The maximum atomic E-state index is 12.4. The zero-order valence-corrected chi connectivity index (χ0v) is 15.8. The van der Waals surface area contributed by atoms with Crippen molar-refractivity contribution in [2.45, 2.75) is 32.4 Å². The van der Waals surface area contributed by atoms with E-state index in [2.05, 4.69) is 15.5 Å². The lowest BCUT2D eigenvalue weighted by Gasteiger charge is -2.14. The molecule has 2 aromatic carbocycles. The van der Waals surface area contributed by atoms with Gasteiger partial charge < -0.3 is 14.6 Å². The van der Waals surface area contributed by atoms with Crippen LogP contribution in [0.15, 0.2) is 54.6 Å². The van der Waals surface area contributed by atoms with Gasteiger partial charge in [0.1, 0.15) is 23.8 Å². The van der Waals surface area contributed by atoms with Gasteiger partial charge in [0, 0.05) is 6.42 Å². The molecule has 0 amide bonds. The van der Waals surface area contributed by atoms with Crippen LogP contribution < -0.4 is 9.47 Å². The second-order valence-electron chi connectivity index (χ2n) is 6.26. The Bertz CT molecular complexity index is 957. The number of nitrogens with zero attached hydrogens (tertiary/aromatic N) is 4. The molecule has 3 aromatic rings.